The Balaban J connectivity index is 1.68. The van der Waals surface area contributed by atoms with Crippen molar-refractivity contribution in [1.29, 1.82) is 0 Å². The normalized spacial score (nSPS) is 15.2. The third-order valence-corrected chi connectivity index (χ3v) is 3.87. The van der Waals surface area contributed by atoms with E-state index in [2.05, 4.69) is 10.00 Å². The third-order valence-electron chi connectivity index (χ3n) is 3.87. The molecule has 1 heterocycles. The van der Waals surface area contributed by atoms with E-state index < -0.39 is 11.9 Å². The molecule has 1 aromatic heterocycles. The molecular weight excluding hydrogens is 307 g/mol. The molecule has 0 bridgehead atoms. The van der Waals surface area contributed by atoms with Gasteiger partial charge in [-0.3, -0.25) is 9.58 Å². The smallest absolute Gasteiger partial charge is 0.435 e. The van der Waals surface area contributed by atoms with Crippen LogP contribution in [0.2, 0.25) is 0 Å². The summed E-state index contributed by atoms with van der Waals surface area (Å²) < 4.78 is 44.4. The van der Waals surface area contributed by atoms with Gasteiger partial charge in [0.15, 0.2) is 5.69 Å². The second-order valence-electron chi connectivity index (χ2n) is 5.71. The van der Waals surface area contributed by atoms with E-state index in [-0.39, 0.29) is 0 Å². The maximum atomic E-state index is 12.6. The molecule has 4 nitrogen and oxygen atoms in total. The molecule has 0 aliphatic heterocycles. The van der Waals surface area contributed by atoms with Gasteiger partial charge in [-0.1, -0.05) is 12.1 Å². The summed E-state index contributed by atoms with van der Waals surface area (Å²) >= 11 is 0. The fourth-order valence-corrected chi connectivity index (χ4v) is 2.48. The summed E-state index contributed by atoms with van der Waals surface area (Å²) in [6.07, 6.45) is -0.870. The van der Waals surface area contributed by atoms with E-state index >= 15 is 0 Å². The summed E-state index contributed by atoms with van der Waals surface area (Å²) in [5.74, 6) is 0.786. The van der Waals surface area contributed by atoms with E-state index in [1.165, 1.54) is 10.9 Å². The first-order valence-electron chi connectivity index (χ1n) is 7.43. The van der Waals surface area contributed by atoms with Crippen LogP contribution < -0.4 is 4.74 Å². The molecule has 0 spiro atoms. The van der Waals surface area contributed by atoms with Crippen molar-refractivity contribution in [2.24, 2.45) is 0 Å². The highest BCUT2D eigenvalue weighted by Gasteiger charge is 2.34. The molecule has 124 valence electrons. The number of aromatic nitrogens is 2. The number of ether oxygens (including phenoxy) is 1. The quantitative estimate of drug-likeness (QED) is 0.814. The molecule has 1 aliphatic rings. The predicted octanol–water partition coefficient (Wildman–Crippen LogP) is 3.53. The second kappa shape index (κ2) is 6.23. The van der Waals surface area contributed by atoms with Crippen molar-refractivity contribution in [3.63, 3.8) is 0 Å². The van der Waals surface area contributed by atoms with E-state index in [1.807, 2.05) is 24.3 Å². The number of hydrogen-bond acceptors (Lipinski definition) is 3. The van der Waals surface area contributed by atoms with Crippen LogP contribution in [-0.4, -0.2) is 27.8 Å². The van der Waals surface area contributed by atoms with E-state index in [0.717, 1.165) is 30.2 Å². The molecule has 0 N–H and O–H groups in total. The van der Waals surface area contributed by atoms with Crippen LogP contribution >= 0.6 is 0 Å². The largest absolute Gasteiger partial charge is 0.497 e. The average Bonchev–Trinajstić information content (AvgIpc) is 3.25. The van der Waals surface area contributed by atoms with Crippen molar-refractivity contribution < 1.29 is 17.9 Å². The van der Waals surface area contributed by atoms with Crippen LogP contribution in [0, 0.1) is 0 Å². The highest BCUT2D eigenvalue weighted by Crippen LogP contribution is 2.30. The van der Waals surface area contributed by atoms with Gasteiger partial charge in [0.25, 0.3) is 0 Å². The molecule has 23 heavy (non-hydrogen) atoms. The molecule has 1 saturated carbocycles. The lowest BCUT2D eigenvalue weighted by Gasteiger charge is -2.22. The Kier molecular flexibility index (Phi) is 4.30. The van der Waals surface area contributed by atoms with Crippen molar-refractivity contribution in [2.45, 2.75) is 38.3 Å². The molecule has 1 aromatic carbocycles. The topological polar surface area (TPSA) is 30.3 Å². The van der Waals surface area contributed by atoms with Gasteiger partial charge in [0.05, 0.1) is 13.8 Å². The third kappa shape index (κ3) is 4.04. The van der Waals surface area contributed by atoms with E-state index in [4.69, 9.17) is 4.74 Å². The minimum atomic E-state index is -4.40. The van der Waals surface area contributed by atoms with Gasteiger partial charge >= 0.3 is 6.18 Å². The lowest BCUT2D eigenvalue weighted by atomic mass is 10.2. The van der Waals surface area contributed by atoms with Crippen molar-refractivity contribution in [2.75, 3.05) is 7.11 Å². The molecular formula is C16H18F3N3O. The zero-order chi connectivity index (χ0) is 16.4. The Morgan fingerprint density at radius 3 is 2.43 bits per heavy atom. The van der Waals surface area contributed by atoms with E-state index in [9.17, 15) is 13.2 Å². The van der Waals surface area contributed by atoms with Crippen molar-refractivity contribution in [3.8, 4) is 5.75 Å². The van der Waals surface area contributed by atoms with Crippen molar-refractivity contribution in [3.05, 3.63) is 47.8 Å². The summed E-state index contributed by atoms with van der Waals surface area (Å²) in [6, 6.07) is 9.14. The zero-order valence-corrected chi connectivity index (χ0v) is 12.8. The van der Waals surface area contributed by atoms with Gasteiger partial charge in [-0.2, -0.15) is 18.3 Å². The van der Waals surface area contributed by atoms with Gasteiger partial charge in [-0.05, 0) is 36.6 Å². The van der Waals surface area contributed by atoms with Gasteiger partial charge in [0.1, 0.15) is 5.75 Å². The Hall–Kier alpha value is -2.02. The number of nitrogens with zero attached hydrogens (tertiary/aromatic N) is 3. The van der Waals surface area contributed by atoms with Crippen LogP contribution in [0.4, 0.5) is 13.2 Å². The van der Waals surface area contributed by atoms with Gasteiger partial charge in [-0.25, -0.2) is 0 Å². The van der Waals surface area contributed by atoms with E-state index in [0.29, 0.717) is 19.3 Å². The number of hydrogen-bond donors (Lipinski definition) is 0. The average molecular weight is 325 g/mol. The fourth-order valence-electron chi connectivity index (χ4n) is 2.48. The molecule has 2 aromatic rings. The number of halogens is 3. The summed E-state index contributed by atoms with van der Waals surface area (Å²) in [5, 5.41) is 3.63. The second-order valence-corrected chi connectivity index (χ2v) is 5.71. The van der Waals surface area contributed by atoms with Gasteiger partial charge in [0.2, 0.25) is 0 Å². The molecule has 7 heteroatoms. The maximum Gasteiger partial charge on any atom is 0.435 e. The molecule has 0 saturated heterocycles. The maximum absolute atomic E-state index is 12.6. The van der Waals surface area contributed by atoms with Crippen LogP contribution in [0.1, 0.15) is 24.1 Å². The number of rotatable bonds is 6. The SMILES string of the molecule is COc1ccc(CN(Cn2ccc(C(F)(F)F)n2)C2CC2)cc1. The highest BCUT2D eigenvalue weighted by atomic mass is 19.4. The molecule has 1 fully saturated rings. The van der Waals surface area contributed by atoms with Crippen molar-refractivity contribution in [1.82, 2.24) is 14.7 Å². The minimum Gasteiger partial charge on any atom is -0.497 e. The van der Waals surface area contributed by atoms with Crippen molar-refractivity contribution >= 4 is 0 Å². The van der Waals surface area contributed by atoms with Gasteiger partial charge in [0, 0.05) is 18.8 Å². The van der Waals surface area contributed by atoms with Crippen LogP contribution in [-0.2, 0) is 19.4 Å². The molecule has 3 rings (SSSR count). The minimum absolute atomic E-state index is 0.354. The number of alkyl halides is 3. The Bertz CT molecular complexity index is 647. The van der Waals surface area contributed by atoms with Crippen LogP contribution in [0.5, 0.6) is 5.75 Å². The highest BCUT2D eigenvalue weighted by molar-refractivity contribution is 5.27. The Morgan fingerprint density at radius 2 is 1.91 bits per heavy atom. The number of methoxy groups -OCH3 is 1. The van der Waals surface area contributed by atoms with Crippen LogP contribution in [0.25, 0.3) is 0 Å². The summed E-state index contributed by atoms with van der Waals surface area (Å²) in [4.78, 5) is 2.15. The molecule has 1 aliphatic carbocycles. The van der Waals surface area contributed by atoms with Gasteiger partial charge in [-0.15, -0.1) is 0 Å². The van der Waals surface area contributed by atoms with Crippen LogP contribution in [0.15, 0.2) is 36.5 Å². The van der Waals surface area contributed by atoms with E-state index in [1.54, 1.807) is 7.11 Å². The Morgan fingerprint density at radius 1 is 1.22 bits per heavy atom. The Labute approximate surface area is 132 Å². The lowest BCUT2D eigenvalue weighted by molar-refractivity contribution is -0.141. The lowest BCUT2D eigenvalue weighted by Crippen LogP contribution is -2.28. The molecule has 0 unspecified atom stereocenters. The fraction of sp³-hybridized carbons (Fsp3) is 0.438. The first kappa shape index (κ1) is 15.9. The monoisotopic (exact) mass is 325 g/mol. The zero-order valence-electron chi connectivity index (χ0n) is 12.8. The standard InChI is InChI=1S/C16H18F3N3O/c1-23-14-6-2-12(3-7-14)10-21(13-4-5-13)11-22-9-8-15(20-22)16(17,18)19/h2-3,6-9,13H,4-5,10-11H2,1H3. The van der Waals surface area contributed by atoms with Gasteiger partial charge < -0.3 is 4.74 Å². The summed E-state index contributed by atoms with van der Waals surface area (Å²) in [6.45, 7) is 1.03. The summed E-state index contributed by atoms with van der Waals surface area (Å²) in [7, 11) is 1.61. The molecule has 0 radical (unpaired) electrons. The summed E-state index contributed by atoms with van der Waals surface area (Å²) in [5.41, 5.74) is 0.249. The molecule has 0 atom stereocenters. The number of benzene rings is 1. The van der Waals surface area contributed by atoms with Crippen LogP contribution in [0.3, 0.4) is 0 Å². The first-order chi connectivity index (χ1) is 11.0. The predicted molar refractivity (Wildman–Crippen MR) is 78.8 cm³/mol. The first-order valence-corrected chi connectivity index (χ1v) is 7.43. The molecule has 0 amide bonds.